The van der Waals surface area contributed by atoms with E-state index in [4.69, 9.17) is 4.74 Å². The molecular formula is C16H11BrFNO. The average Bonchev–Trinajstić information content (AvgIpc) is 2.48. The topological polar surface area (TPSA) is 22.1 Å². The Morgan fingerprint density at radius 3 is 2.90 bits per heavy atom. The van der Waals surface area contributed by atoms with E-state index in [1.165, 1.54) is 6.07 Å². The summed E-state index contributed by atoms with van der Waals surface area (Å²) in [6.07, 6.45) is 1.75. The van der Waals surface area contributed by atoms with Gasteiger partial charge in [-0.2, -0.15) is 0 Å². The smallest absolute Gasteiger partial charge is 0.137 e. The van der Waals surface area contributed by atoms with Gasteiger partial charge in [0, 0.05) is 23.2 Å². The lowest BCUT2D eigenvalue weighted by molar-refractivity contribution is 0.305. The van der Waals surface area contributed by atoms with Crippen molar-refractivity contribution in [2.24, 2.45) is 0 Å². The van der Waals surface area contributed by atoms with Crippen molar-refractivity contribution < 1.29 is 9.13 Å². The van der Waals surface area contributed by atoms with Crippen LogP contribution in [0.4, 0.5) is 4.39 Å². The SMILES string of the molecule is Fc1cccc(COc2ccc3cccnc3c2)c1Br. The second-order valence-corrected chi connectivity index (χ2v) is 5.15. The Kier molecular flexibility index (Phi) is 3.65. The van der Waals surface area contributed by atoms with Crippen LogP contribution in [0.15, 0.2) is 59.2 Å². The first-order chi connectivity index (χ1) is 9.74. The van der Waals surface area contributed by atoms with Gasteiger partial charge in [-0.05, 0) is 40.2 Å². The number of aromatic nitrogens is 1. The van der Waals surface area contributed by atoms with Gasteiger partial charge in [-0.25, -0.2) is 4.39 Å². The van der Waals surface area contributed by atoms with E-state index >= 15 is 0 Å². The minimum atomic E-state index is -0.286. The standard InChI is InChI=1S/C16H11BrFNO/c17-16-12(3-1-5-14(16)18)10-20-13-7-6-11-4-2-8-19-15(11)9-13/h1-9H,10H2. The lowest BCUT2D eigenvalue weighted by Crippen LogP contribution is -1.97. The molecule has 0 bridgehead atoms. The molecule has 0 aliphatic heterocycles. The van der Waals surface area contributed by atoms with Crippen molar-refractivity contribution in [1.29, 1.82) is 0 Å². The van der Waals surface area contributed by atoms with Crippen LogP contribution in [0.3, 0.4) is 0 Å². The van der Waals surface area contributed by atoms with Crippen LogP contribution in [0, 0.1) is 5.82 Å². The third-order valence-corrected chi connectivity index (χ3v) is 3.89. The van der Waals surface area contributed by atoms with Crippen LogP contribution in [0.1, 0.15) is 5.56 Å². The van der Waals surface area contributed by atoms with Gasteiger partial charge in [0.15, 0.2) is 0 Å². The molecule has 0 radical (unpaired) electrons. The number of nitrogens with zero attached hydrogens (tertiary/aromatic N) is 1. The summed E-state index contributed by atoms with van der Waals surface area (Å²) in [5, 5.41) is 1.06. The molecule has 1 heterocycles. The van der Waals surface area contributed by atoms with Crippen molar-refractivity contribution in [3.05, 3.63) is 70.6 Å². The molecule has 0 fully saturated rings. The summed E-state index contributed by atoms with van der Waals surface area (Å²) in [4.78, 5) is 4.28. The molecule has 4 heteroatoms. The number of pyridine rings is 1. The first kappa shape index (κ1) is 13.1. The highest BCUT2D eigenvalue weighted by Crippen LogP contribution is 2.23. The fraction of sp³-hybridized carbons (Fsp3) is 0.0625. The number of halogens is 2. The first-order valence-corrected chi connectivity index (χ1v) is 6.94. The summed E-state index contributed by atoms with van der Waals surface area (Å²) in [6.45, 7) is 0.302. The largest absolute Gasteiger partial charge is 0.489 e. The van der Waals surface area contributed by atoms with Crippen molar-refractivity contribution in [1.82, 2.24) is 4.98 Å². The third-order valence-electron chi connectivity index (χ3n) is 3.00. The lowest BCUT2D eigenvalue weighted by Gasteiger charge is -2.09. The molecule has 0 unspecified atom stereocenters. The number of benzene rings is 2. The summed E-state index contributed by atoms with van der Waals surface area (Å²) >= 11 is 3.23. The molecule has 100 valence electrons. The Bertz CT molecular complexity index is 760. The highest BCUT2D eigenvalue weighted by atomic mass is 79.9. The van der Waals surface area contributed by atoms with E-state index in [0.717, 1.165) is 16.5 Å². The minimum Gasteiger partial charge on any atom is -0.489 e. The second kappa shape index (κ2) is 5.59. The molecule has 0 atom stereocenters. The summed E-state index contributed by atoms with van der Waals surface area (Å²) < 4.78 is 19.5. The molecule has 0 saturated heterocycles. The Hall–Kier alpha value is -1.94. The Labute approximate surface area is 124 Å². The van der Waals surface area contributed by atoms with E-state index in [1.54, 1.807) is 12.3 Å². The molecule has 0 spiro atoms. The van der Waals surface area contributed by atoms with Gasteiger partial charge in [-0.1, -0.05) is 18.2 Å². The van der Waals surface area contributed by atoms with Gasteiger partial charge in [0.2, 0.25) is 0 Å². The summed E-state index contributed by atoms with van der Waals surface area (Å²) in [5.41, 5.74) is 1.65. The Morgan fingerprint density at radius 1 is 1.10 bits per heavy atom. The van der Waals surface area contributed by atoms with Crippen molar-refractivity contribution in [3.8, 4) is 5.75 Å². The predicted molar refractivity (Wildman–Crippen MR) is 80.2 cm³/mol. The Morgan fingerprint density at radius 2 is 2.00 bits per heavy atom. The molecular weight excluding hydrogens is 321 g/mol. The molecule has 0 amide bonds. The zero-order valence-electron chi connectivity index (χ0n) is 10.5. The second-order valence-electron chi connectivity index (χ2n) is 4.36. The van der Waals surface area contributed by atoms with Gasteiger partial charge < -0.3 is 4.74 Å². The maximum Gasteiger partial charge on any atom is 0.137 e. The van der Waals surface area contributed by atoms with E-state index < -0.39 is 0 Å². The van der Waals surface area contributed by atoms with Crippen LogP contribution in [0.2, 0.25) is 0 Å². The van der Waals surface area contributed by atoms with Crippen LogP contribution in [0.5, 0.6) is 5.75 Å². The Balaban J connectivity index is 1.81. The normalized spacial score (nSPS) is 10.7. The van der Waals surface area contributed by atoms with Crippen LogP contribution in [0.25, 0.3) is 10.9 Å². The molecule has 3 rings (SSSR count). The van der Waals surface area contributed by atoms with E-state index in [0.29, 0.717) is 16.8 Å². The first-order valence-electron chi connectivity index (χ1n) is 6.14. The molecule has 0 aliphatic rings. The number of hydrogen-bond acceptors (Lipinski definition) is 2. The summed E-state index contributed by atoms with van der Waals surface area (Å²) in [5.74, 6) is 0.429. The highest BCUT2D eigenvalue weighted by Gasteiger charge is 2.06. The van der Waals surface area contributed by atoms with E-state index in [2.05, 4.69) is 20.9 Å². The molecule has 2 aromatic carbocycles. The number of ether oxygens (including phenoxy) is 1. The number of fused-ring (bicyclic) bond motifs is 1. The molecule has 1 aromatic heterocycles. The minimum absolute atomic E-state index is 0.286. The monoisotopic (exact) mass is 331 g/mol. The van der Waals surface area contributed by atoms with Gasteiger partial charge in [-0.15, -0.1) is 0 Å². The molecule has 0 saturated carbocycles. The lowest BCUT2D eigenvalue weighted by atomic mass is 10.2. The highest BCUT2D eigenvalue weighted by molar-refractivity contribution is 9.10. The van der Waals surface area contributed by atoms with Gasteiger partial charge in [0.05, 0.1) is 9.99 Å². The van der Waals surface area contributed by atoms with E-state index in [-0.39, 0.29) is 5.82 Å². The molecule has 0 N–H and O–H groups in total. The zero-order chi connectivity index (χ0) is 13.9. The zero-order valence-corrected chi connectivity index (χ0v) is 12.1. The van der Waals surface area contributed by atoms with Crippen molar-refractivity contribution in [2.75, 3.05) is 0 Å². The predicted octanol–water partition coefficient (Wildman–Crippen LogP) is 4.72. The van der Waals surface area contributed by atoms with Crippen molar-refractivity contribution in [3.63, 3.8) is 0 Å². The quantitative estimate of drug-likeness (QED) is 0.693. The third kappa shape index (κ3) is 2.65. The summed E-state index contributed by atoms with van der Waals surface area (Å²) in [6, 6.07) is 14.5. The molecule has 3 aromatic rings. The maximum absolute atomic E-state index is 13.4. The van der Waals surface area contributed by atoms with Gasteiger partial charge in [0.1, 0.15) is 18.2 Å². The molecule has 0 aliphatic carbocycles. The average molecular weight is 332 g/mol. The number of rotatable bonds is 3. The van der Waals surface area contributed by atoms with E-state index in [1.807, 2.05) is 36.4 Å². The van der Waals surface area contributed by atoms with Crippen molar-refractivity contribution in [2.45, 2.75) is 6.61 Å². The number of hydrogen-bond donors (Lipinski definition) is 0. The van der Waals surface area contributed by atoms with Crippen LogP contribution in [-0.2, 0) is 6.61 Å². The maximum atomic E-state index is 13.4. The van der Waals surface area contributed by atoms with Crippen molar-refractivity contribution >= 4 is 26.8 Å². The van der Waals surface area contributed by atoms with Crippen LogP contribution in [-0.4, -0.2) is 4.98 Å². The van der Waals surface area contributed by atoms with Gasteiger partial charge >= 0.3 is 0 Å². The van der Waals surface area contributed by atoms with Gasteiger partial charge in [0.25, 0.3) is 0 Å². The molecule has 2 nitrogen and oxygen atoms in total. The van der Waals surface area contributed by atoms with E-state index in [9.17, 15) is 4.39 Å². The summed E-state index contributed by atoms with van der Waals surface area (Å²) in [7, 11) is 0. The van der Waals surface area contributed by atoms with Gasteiger partial charge in [-0.3, -0.25) is 4.98 Å². The fourth-order valence-corrected chi connectivity index (χ4v) is 2.34. The fourth-order valence-electron chi connectivity index (χ4n) is 1.96. The van der Waals surface area contributed by atoms with Crippen LogP contribution >= 0.6 is 15.9 Å². The molecule has 20 heavy (non-hydrogen) atoms. The van der Waals surface area contributed by atoms with Crippen LogP contribution < -0.4 is 4.74 Å².